The van der Waals surface area contributed by atoms with Gasteiger partial charge in [-0.1, -0.05) is 18.4 Å². The quantitative estimate of drug-likeness (QED) is 0.424. The Hall–Kier alpha value is 0.834. The summed E-state index contributed by atoms with van der Waals surface area (Å²) in [5.41, 5.74) is 2.90. The van der Waals surface area contributed by atoms with Gasteiger partial charge >= 0.3 is 8.03 Å². The van der Waals surface area contributed by atoms with E-state index in [0.717, 1.165) is 16.7 Å². The molecule has 6 heteroatoms. The molecule has 0 aromatic rings. The Balaban J connectivity index is -0.000000480. The van der Waals surface area contributed by atoms with Crippen molar-refractivity contribution in [1.82, 2.24) is 0 Å². The van der Waals surface area contributed by atoms with Gasteiger partial charge in [-0.2, -0.15) is 5.57 Å². The van der Waals surface area contributed by atoms with Crippen LogP contribution in [-0.4, -0.2) is 5.16 Å². The van der Waals surface area contributed by atoms with Gasteiger partial charge in [0.25, 0.3) is 0 Å². The molecule has 2 nitrogen and oxygen atoms in total. The molecule has 0 aromatic heterocycles. The van der Waals surface area contributed by atoms with Crippen molar-refractivity contribution in [2.45, 2.75) is 32.9 Å². The largest absolute Gasteiger partial charge is 0.596 e. The van der Waals surface area contributed by atoms with Gasteiger partial charge in [0.2, 0.25) is 0 Å². The molecule has 0 spiro atoms. The van der Waals surface area contributed by atoms with Crippen LogP contribution in [0.2, 0.25) is 0 Å². The summed E-state index contributed by atoms with van der Waals surface area (Å²) in [6.07, 6.45) is 2.98. The summed E-state index contributed by atoms with van der Waals surface area (Å²) >= 11 is 0. The average molecular weight is 304 g/mol. The van der Waals surface area contributed by atoms with E-state index in [1.165, 1.54) is 0 Å². The molecule has 0 heterocycles. The van der Waals surface area contributed by atoms with Gasteiger partial charge in [0.1, 0.15) is 5.16 Å². The third-order valence-electron chi connectivity index (χ3n) is 2.65. The molecule has 0 radical (unpaired) electrons. The summed E-state index contributed by atoms with van der Waals surface area (Å²) in [4.78, 5) is 11.0. The Morgan fingerprint density at radius 1 is 1.27 bits per heavy atom. The molecule has 2 atom stereocenters. The first-order valence-corrected chi connectivity index (χ1v) is 5.02. The van der Waals surface area contributed by atoms with Gasteiger partial charge in [0.15, 0.2) is 0 Å². The third-order valence-corrected chi connectivity index (χ3v) is 3.83. The minimum absolute atomic E-state index is 0. The number of hydrogen-bond acceptors (Lipinski definition) is 2. The maximum atomic E-state index is 11.0. The predicted octanol–water partition coefficient (Wildman–Crippen LogP) is 2.79. The van der Waals surface area contributed by atoms with Crippen LogP contribution >= 0.6 is 32.8 Å². The van der Waals surface area contributed by atoms with Crippen molar-refractivity contribution in [3.05, 3.63) is 22.8 Å². The predicted molar refractivity (Wildman–Crippen MR) is 61.3 cm³/mol. The first kappa shape index (κ1) is 21.2. The Morgan fingerprint density at radius 2 is 1.67 bits per heavy atom. The second kappa shape index (κ2) is 7.22. The van der Waals surface area contributed by atoms with Gasteiger partial charge in [-0.25, -0.2) is 11.6 Å². The molecule has 2 unspecified atom stereocenters. The first-order valence-electron chi connectivity index (χ1n) is 3.84. The van der Waals surface area contributed by atoms with Gasteiger partial charge in [-0.05, 0) is 6.92 Å². The number of allylic oxidation sites excluding steroid dienone is 4. The fourth-order valence-electron chi connectivity index (χ4n) is 1.38. The minimum Gasteiger partial charge on any atom is -0.596 e. The van der Waals surface area contributed by atoms with Crippen LogP contribution in [0, 0.1) is 6.08 Å². The second-order valence-electron chi connectivity index (χ2n) is 3.33. The molecule has 0 aliphatic heterocycles. The van der Waals surface area contributed by atoms with E-state index in [2.05, 4.69) is 6.08 Å². The van der Waals surface area contributed by atoms with Crippen LogP contribution in [0.25, 0.3) is 0 Å². The summed E-state index contributed by atoms with van der Waals surface area (Å²) in [7, 11) is -2.47. The monoisotopic (exact) mass is 303 g/mol. The molecule has 0 N–H and O–H groups in total. The fourth-order valence-corrected chi connectivity index (χ4v) is 2.08. The smallest absolute Gasteiger partial charge is 0.302 e. The molecule has 1 rings (SSSR count). The number of rotatable bonds is 1. The standard InChI is InChI=1S/C9H12O2P.2ClH.Ti/c1-6-5-9(4,12(10)11)8(3)7(6)2;;;/h1-4H3;2*1H;/q-1;;;. The molecule has 86 valence electrons. The van der Waals surface area contributed by atoms with Crippen LogP contribution in [-0.2, 0) is 26.3 Å². The zero-order valence-corrected chi connectivity index (χ0v) is 13.2. The Labute approximate surface area is 119 Å². The zero-order valence-electron chi connectivity index (χ0n) is 9.08. The van der Waals surface area contributed by atoms with Gasteiger partial charge in [0.05, 0.1) is 0 Å². The molecule has 15 heavy (non-hydrogen) atoms. The SMILES string of the molecule is CC1=[C-]C(C)([P+](=O)[O-])C(C)=C1C.Cl.Cl.[Ti]. The molecule has 0 bridgehead atoms. The van der Waals surface area contributed by atoms with Crippen molar-refractivity contribution in [2.24, 2.45) is 0 Å². The van der Waals surface area contributed by atoms with E-state index < -0.39 is 13.2 Å². The second-order valence-corrected chi connectivity index (χ2v) is 4.74. The summed E-state index contributed by atoms with van der Waals surface area (Å²) in [6.45, 7) is 7.36. The third kappa shape index (κ3) is 3.66. The van der Waals surface area contributed by atoms with E-state index in [9.17, 15) is 9.46 Å². The van der Waals surface area contributed by atoms with E-state index in [4.69, 9.17) is 0 Å². The minimum atomic E-state index is -2.47. The maximum absolute atomic E-state index is 11.0. The van der Waals surface area contributed by atoms with Gasteiger partial charge < -0.3 is 4.89 Å². The van der Waals surface area contributed by atoms with Crippen LogP contribution in [0.1, 0.15) is 27.7 Å². The van der Waals surface area contributed by atoms with Crippen molar-refractivity contribution in [3.8, 4) is 0 Å². The molecule has 0 fully saturated rings. The van der Waals surface area contributed by atoms with Crippen molar-refractivity contribution in [1.29, 1.82) is 0 Å². The fraction of sp³-hybridized carbons (Fsp3) is 0.556. The van der Waals surface area contributed by atoms with Crippen molar-refractivity contribution < 1.29 is 31.2 Å². The van der Waals surface area contributed by atoms with Gasteiger partial charge in [-0.3, -0.25) is 0 Å². The van der Waals surface area contributed by atoms with Crippen LogP contribution in [0.4, 0.5) is 0 Å². The molecular formula is C9H14Cl2O2PTi-. The first-order chi connectivity index (χ1) is 5.39. The van der Waals surface area contributed by atoms with Gasteiger partial charge in [0, 0.05) is 21.7 Å². The van der Waals surface area contributed by atoms with Crippen molar-refractivity contribution >= 4 is 32.8 Å². The molecule has 1 aliphatic rings. The normalized spacial score (nSPS) is 24.6. The summed E-state index contributed by atoms with van der Waals surface area (Å²) in [5, 5.41) is -0.858. The topological polar surface area (TPSA) is 40.1 Å². The average Bonchev–Trinajstić information content (AvgIpc) is 2.17. The van der Waals surface area contributed by atoms with Crippen molar-refractivity contribution in [3.63, 3.8) is 0 Å². The van der Waals surface area contributed by atoms with E-state index in [1.54, 1.807) is 6.92 Å². The van der Waals surface area contributed by atoms with E-state index >= 15 is 0 Å². The molecular weight excluding hydrogens is 290 g/mol. The van der Waals surface area contributed by atoms with Crippen LogP contribution in [0.3, 0.4) is 0 Å². The number of hydrogen-bond donors (Lipinski definition) is 0. The Kier molecular flexibility index (Phi) is 10.2. The Morgan fingerprint density at radius 3 is 1.80 bits per heavy atom. The van der Waals surface area contributed by atoms with Gasteiger partial charge in [-0.15, -0.1) is 37.3 Å². The van der Waals surface area contributed by atoms with Crippen LogP contribution in [0.15, 0.2) is 16.7 Å². The summed E-state index contributed by atoms with van der Waals surface area (Å²) in [6, 6.07) is 0. The van der Waals surface area contributed by atoms with Crippen LogP contribution < -0.4 is 4.89 Å². The molecule has 1 aliphatic carbocycles. The van der Waals surface area contributed by atoms with Crippen molar-refractivity contribution in [2.75, 3.05) is 0 Å². The Bertz CT molecular complexity index is 315. The molecule has 0 saturated carbocycles. The van der Waals surface area contributed by atoms with E-state index in [1.807, 2.05) is 20.8 Å². The van der Waals surface area contributed by atoms with Crippen LogP contribution in [0.5, 0.6) is 0 Å². The molecule has 0 aromatic carbocycles. The molecule has 0 amide bonds. The zero-order chi connectivity index (χ0) is 9.52. The molecule has 0 saturated heterocycles. The van der Waals surface area contributed by atoms with E-state index in [0.29, 0.717) is 0 Å². The summed E-state index contributed by atoms with van der Waals surface area (Å²) in [5.74, 6) is 0. The maximum Gasteiger partial charge on any atom is 0.302 e. The summed E-state index contributed by atoms with van der Waals surface area (Å²) < 4.78 is 11.0. The van der Waals surface area contributed by atoms with E-state index in [-0.39, 0.29) is 46.5 Å². The number of halogens is 2.